The monoisotopic (exact) mass is 272 g/mol. The van der Waals surface area contributed by atoms with Crippen LogP contribution in [0.25, 0.3) is 0 Å². The molecule has 0 aromatic carbocycles. The van der Waals surface area contributed by atoms with Crippen molar-refractivity contribution in [2.45, 2.75) is 19.4 Å². The number of aromatic nitrogens is 2. The number of rotatable bonds is 4. The van der Waals surface area contributed by atoms with Gasteiger partial charge in [0.1, 0.15) is 5.82 Å². The third kappa shape index (κ3) is 3.99. The van der Waals surface area contributed by atoms with Crippen LogP contribution in [0.5, 0.6) is 0 Å². The fourth-order valence-electron chi connectivity index (χ4n) is 2.17. The van der Waals surface area contributed by atoms with E-state index in [1.165, 1.54) is 0 Å². The summed E-state index contributed by atoms with van der Waals surface area (Å²) in [6, 6.07) is 1.78. The van der Waals surface area contributed by atoms with E-state index in [-0.39, 0.29) is 0 Å². The quantitative estimate of drug-likeness (QED) is 0.833. The number of nitrogens with zero attached hydrogens (tertiary/aromatic N) is 3. The van der Waals surface area contributed by atoms with Crippen molar-refractivity contribution in [3.63, 3.8) is 0 Å². The Balaban J connectivity index is 1.73. The van der Waals surface area contributed by atoms with Gasteiger partial charge in [0.25, 0.3) is 0 Å². The predicted octanol–water partition coefficient (Wildman–Crippen LogP) is -0.0241. The molecule has 1 fully saturated rings. The van der Waals surface area contributed by atoms with Crippen LogP contribution in [0, 0.1) is 0 Å². The molecule has 0 radical (unpaired) electrons. The van der Waals surface area contributed by atoms with Crippen LogP contribution in [0.15, 0.2) is 12.3 Å². The van der Waals surface area contributed by atoms with Crippen LogP contribution < -0.4 is 5.73 Å². The molecule has 2 N–H and O–H groups in total. The van der Waals surface area contributed by atoms with Gasteiger partial charge >= 0.3 is 0 Å². The van der Waals surface area contributed by atoms with Gasteiger partial charge in [-0.25, -0.2) is 8.42 Å². The molecule has 1 aliphatic heterocycles. The lowest BCUT2D eigenvalue weighted by Crippen LogP contribution is -2.28. The van der Waals surface area contributed by atoms with Gasteiger partial charge in [0.05, 0.1) is 11.5 Å². The molecule has 6 nitrogen and oxygen atoms in total. The van der Waals surface area contributed by atoms with Crippen LogP contribution in [0.2, 0.25) is 0 Å². The SMILES string of the molecule is Nc1ccn(CCCN2CCCS(=O)(=O)CC2)n1. The van der Waals surface area contributed by atoms with Crippen molar-refractivity contribution in [2.24, 2.45) is 0 Å². The second-order valence-corrected chi connectivity index (χ2v) is 7.01. The zero-order chi connectivity index (χ0) is 13.0. The first kappa shape index (κ1) is 13.4. The first-order chi connectivity index (χ1) is 8.55. The minimum atomic E-state index is -2.80. The van der Waals surface area contributed by atoms with E-state index in [1.54, 1.807) is 6.07 Å². The van der Waals surface area contributed by atoms with E-state index in [2.05, 4.69) is 10.00 Å². The number of nitrogens with two attached hydrogens (primary N) is 1. The normalized spacial score (nSPS) is 20.7. The maximum Gasteiger partial charge on any atom is 0.151 e. The smallest absolute Gasteiger partial charge is 0.151 e. The molecule has 1 aromatic rings. The van der Waals surface area contributed by atoms with Gasteiger partial charge in [0.15, 0.2) is 9.84 Å². The van der Waals surface area contributed by atoms with Gasteiger partial charge in [-0.1, -0.05) is 0 Å². The minimum Gasteiger partial charge on any atom is -0.382 e. The summed E-state index contributed by atoms with van der Waals surface area (Å²) >= 11 is 0. The highest BCUT2D eigenvalue weighted by atomic mass is 32.2. The number of hydrogen-bond donors (Lipinski definition) is 1. The molecule has 18 heavy (non-hydrogen) atoms. The Morgan fingerprint density at radius 3 is 2.83 bits per heavy atom. The molecular weight excluding hydrogens is 252 g/mol. The molecule has 0 aliphatic carbocycles. The molecule has 2 rings (SSSR count). The van der Waals surface area contributed by atoms with Gasteiger partial charge in [0.2, 0.25) is 0 Å². The highest BCUT2D eigenvalue weighted by Crippen LogP contribution is 2.06. The molecular formula is C11H20N4O2S. The topological polar surface area (TPSA) is 81.2 Å². The molecule has 1 aromatic heterocycles. The molecule has 0 unspecified atom stereocenters. The van der Waals surface area contributed by atoms with Crippen molar-refractivity contribution in [3.05, 3.63) is 12.3 Å². The first-order valence-corrected chi connectivity index (χ1v) is 8.09. The molecule has 7 heteroatoms. The van der Waals surface area contributed by atoms with Crippen LogP contribution in [-0.4, -0.2) is 54.2 Å². The van der Waals surface area contributed by atoms with Crippen molar-refractivity contribution in [2.75, 3.05) is 36.9 Å². The Morgan fingerprint density at radius 2 is 2.11 bits per heavy atom. The zero-order valence-electron chi connectivity index (χ0n) is 10.5. The van der Waals surface area contributed by atoms with Crippen LogP contribution >= 0.6 is 0 Å². The summed E-state index contributed by atoms with van der Waals surface area (Å²) in [5, 5.41) is 4.11. The molecule has 2 heterocycles. The van der Waals surface area contributed by atoms with E-state index in [0.717, 1.165) is 32.5 Å². The van der Waals surface area contributed by atoms with Gasteiger partial charge in [-0.2, -0.15) is 5.10 Å². The van der Waals surface area contributed by atoms with Crippen molar-refractivity contribution in [3.8, 4) is 0 Å². The molecule has 0 spiro atoms. The molecule has 0 atom stereocenters. The van der Waals surface area contributed by atoms with Crippen LogP contribution in [0.1, 0.15) is 12.8 Å². The van der Waals surface area contributed by atoms with Crippen molar-refractivity contribution >= 4 is 15.7 Å². The summed E-state index contributed by atoms with van der Waals surface area (Å²) in [5.41, 5.74) is 5.53. The van der Waals surface area contributed by atoms with Crippen molar-refractivity contribution in [1.29, 1.82) is 0 Å². The minimum absolute atomic E-state index is 0.293. The third-order valence-electron chi connectivity index (χ3n) is 3.17. The lowest BCUT2D eigenvalue weighted by Gasteiger charge is -2.18. The summed E-state index contributed by atoms with van der Waals surface area (Å²) in [4.78, 5) is 2.22. The second-order valence-electron chi connectivity index (χ2n) is 4.70. The van der Waals surface area contributed by atoms with Gasteiger partial charge in [-0.3, -0.25) is 4.68 Å². The van der Waals surface area contributed by atoms with Gasteiger partial charge in [-0.15, -0.1) is 0 Å². The van der Waals surface area contributed by atoms with Gasteiger partial charge < -0.3 is 10.6 Å². The van der Waals surface area contributed by atoms with E-state index in [0.29, 0.717) is 23.9 Å². The Bertz CT molecular complexity index is 483. The average molecular weight is 272 g/mol. The van der Waals surface area contributed by atoms with E-state index in [1.807, 2.05) is 10.9 Å². The largest absolute Gasteiger partial charge is 0.382 e. The van der Waals surface area contributed by atoms with E-state index in [4.69, 9.17) is 5.73 Å². The maximum absolute atomic E-state index is 11.5. The number of hydrogen-bond acceptors (Lipinski definition) is 5. The summed E-state index contributed by atoms with van der Waals surface area (Å²) in [6.07, 6.45) is 3.57. The summed E-state index contributed by atoms with van der Waals surface area (Å²) in [5.74, 6) is 1.16. The molecule has 0 saturated carbocycles. The van der Waals surface area contributed by atoms with E-state index in [9.17, 15) is 8.42 Å². The van der Waals surface area contributed by atoms with Crippen molar-refractivity contribution in [1.82, 2.24) is 14.7 Å². The molecule has 102 valence electrons. The molecule has 0 amide bonds. The predicted molar refractivity (Wildman–Crippen MR) is 71.0 cm³/mol. The third-order valence-corrected chi connectivity index (χ3v) is 4.89. The zero-order valence-corrected chi connectivity index (χ0v) is 11.3. The van der Waals surface area contributed by atoms with Crippen LogP contribution in [-0.2, 0) is 16.4 Å². The summed E-state index contributed by atoms with van der Waals surface area (Å²) in [6.45, 7) is 3.26. The fraction of sp³-hybridized carbons (Fsp3) is 0.727. The number of anilines is 1. The van der Waals surface area contributed by atoms with E-state index >= 15 is 0 Å². The Labute approximate surface area is 108 Å². The molecule has 1 saturated heterocycles. The molecule has 1 aliphatic rings. The second kappa shape index (κ2) is 5.71. The summed E-state index contributed by atoms with van der Waals surface area (Å²) in [7, 11) is -2.80. The van der Waals surface area contributed by atoms with Gasteiger partial charge in [0, 0.05) is 19.3 Å². The lowest BCUT2D eigenvalue weighted by molar-refractivity contribution is 0.283. The lowest BCUT2D eigenvalue weighted by atomic mass is 10.3. The number of aryl methyl sites for hydroxylation is 1. The average Bonchev–Trinajstić information content (AvgIpc) is 2.63. The van der Waals surface area contributed by atoms with Gasteiger partial charge in [-0.05, 0) is 32.0 Å². The first-order valence-electron chi connectivity index (χ1n) is 6.27. The fourth-order valence-corrected chi connectivity index (χ4v) is 3.48. The van der Waals surface area contributed by atoms with Crippen LogP contribution in [0.3, 0.4) is 0 Å². The Kier molecular flexibility index (Phi) is 4.23. The standard InChI is InChI=1S/C11H20N4O2S/c12-11-3-7-15(13-11)6-1-4-14-5-2-9-18(16,17)10-8-14/h3,7H,1-2,4-6,8-10H2,(H2,12,13). The highest BCUT2D eigenvalue weighted by molar-refractivity contribution is 7.91. The van der Waals surface area contributed by atoms with E-state index < -0.39 is 9.84 Å². The maximum atomic E-state index is 11.5. The number of sulfone groups is 1. The Hall–Kier alpha value is -1.08. The Morgan fingerprint density at radius 1 is 1.28 bits per heavy atom. The number of nitrogen functional groups attached to an aromatic ring is 1. The van der Waals surface area contributed by atoms with Crippen molar-refractivity contribution < 1.29 is 8.42 Å². The highest BCUT2D eigenvalue weighted by Gasteiger charge is 2.18. The molecule has 0 bridgehead atoms. The summed E-state index contributed by atoms with van der Waals surface area (Å²) < 4.78 is 24.7. The van der Waals surface area contributed by atoms with Crippen LogP contribution in [0.4, 0.5) is 5.82 Å².